The molecule has 90 valence electrons. The van der Waals surface area contributed by atoms with Crippen LogP contribution in [-0.4, -0.2) is 28.2 Å². The zero-order chi connectivity index (χ0) is 12.3. The summed E-state index contributed by atoms with van der Waals surface area (Å²) >= 11 is 0. The predicted octanol–water partition coefficient (Wildman–Crippen LogP) is 1.59. The van der Waals surface area contributed by atoms with Gasteiger partial charge in [-0.1, -0.05) is 5.16 Å². The van der Waals surface area contributed by atoms with E-state index in [9.17, 15) is 0 Å². The van der Waals surface area contributed by atoms with E-state index in [4.69, 9.17) is 4.52 Å². The van der Waals surface area contributed by atoms with Crippen LogP contribution in [0.4, 0.5) is 0 Å². The highest BCUT2D eigenvalue weighted by molar-refractivity contribution is 5.57. The van der Waals surface area contributed by atoms with Gasteiger partial charge >= 0.3 is 0 Å². The molecule has 0 aromatic carbocycles. The van der Waals surface area contributed by atoms with Crippen LogP contribution in [0.5, 0.6) is 0 Å². The molecule has 2 aromatic rings. The third-order valence-corrected chi connectivity index (χ3v) is 2.70. The van der Waals surface area contributed by atoms with Crippen LogP contribution in [0.3, 0.4) is 0 Å². The van der Waals surface area contributed by atoms with Crippen LogP contribution >= 0.6 is 0 Å². The molecule has 0 saturated carbocycles. The molecule has 2 aromatic heterocycles. The summed E-state index contributed by atoms with van der Waals surface area (Å²) in [6.07, 6.45) is 4.25. The van der Waals surface area contributed by atoms with E-state index in [0.29, 0.717) is 17.8 Å². The van der Waals surface area contributed by atoms with Crippen molar-refractivity contribution in [3.05, 3.63) is 29.9 Å². The van der Waals surface area contributed by atoms with Gasteiger partial charge in [0.2, 0.25) is 11.7 Å². The van der Waals surface area contributed by atoms with Crippen molar-refractivity contribution in [2.24, 2.45) is 0 Å². The molecule has 0 aliphatic rings. The molecule has 1 unspecified atom stereocenters. The molecule has 0 aliphatic heterocycles. The van der Waals surface area contributed by atoms with Gasteiger partial charge in [-0.2, -0.15) is 4.98 Å². The summed E-state index contributed by atoms with van der Waals surface area (Å²) in [5, 5.41) is 7.13. The molecule has 2 heterocycles. The minimum atomic E-state index is 0.321. The van der Waals surface area contributed by atoms with Crippen LogP contribution < -0.4 is 5.32 Å². The zero-order valence-corrected chi connectivity index (χ0v) is 10.3. The summed E-state index contributed by atoms with van der Waals surface area (Å²) in [5.74, 6) is 1.28. The van der Waals surface area contributed by atoms with Crippen LogP contribution in [0.15, 0.2) is 23.0 Å². The van der Waals surface area contributed by atoms with Crippen LogP contribution in [0.25, 0.3) is 11.4 Å². The van der Waals surface area contributed by atoms with Crippen molar-refractivity contribution >= 4 is 0 Å². The average molecular weight is 232 g/mol. The average Bonchev–Trinajstić information content (AvgIpc) is 2.78. The summed E-state index contributed by atoms with van der Waals surface area (Å²) in [4.78, 5) is 8.43. The summed E-state index contributed by atoms with van der Waals surface area (Å²) in [6.45, 7) is 4.05. The largest absolute Gasteiger partial charge is 0.339 e. The maximum Gasteiger partial charge on any atom is 0.228 e. The van der Waals surface area contributed by atoms with Gasteiger partial charge in [0, 0.05) is 30.4 Å². The lowest BCUT2D eigenvalue weighted by Crippen LogP contribution is -2.23. The third-order valence-electron chi connectivity index (χ3n) is 2.70. The molecule has 0 fully saturated rings. The van der Waals surface area contributed by atoms with E-state index in [-0.39, 0.29) is 0 Å². The lowest BCUT2D eigenvalue weighted by Gasteiger charge is -2.04. The molecular weight excluding hydrogens is 216 g/mol. The van der Waals surface area contributed by atoms with E-state index in [1.54, 1.807) is 12.4 Å². The van der Waals surface area contributed by atoms with Crippen LogP contribution in [0, 0.1) is 6.92 Å². The lowest BCUT2D eigenvalue weighted by atomic mass is 10.1. The number of nitrogens with one attached hydrogen (secondary N) is 1. The topological polar surface area (TPSA) is 63.8 Å². The van der Waals surface area contributed by atoms with Gasteiger partial charge in [0.25, 0.3) is 0 Å². The van der Waals surface area contributed by atoms with Gasteiger partial charge in [0.1, 0.15) is 0 Å². The number of rotatable bonds is 4. The fourth-order valence-electron chi connectivity index (χ4n) is 1.54. The molecule has 5 nitrogen and oxygen atoms in total. The molecule has 0 amide bonds. The van der Waals surface area contributed by atoms with E-state index in [1.807, 2.05) is 20.0 Å². The molecule has 0 aliphatic carbocycles. The van der Waals surface area contributed by atoms with Crippen molar-refractivity contribution < 1.29 is 4.52 Å². The van der Waals surface area contributed by atoms with E-state index in [0.717, 1.165) is 17.5 Å². The smallest absolute Gasteiger partial charge is 0.228 e. The molecule has 0 bridgehead atoms. The Hall–Kier alpha value is -1.75. The number of likely N-dealkylation sites (N-methyl/N-ethyl adjacent to an activating group) is 1. The predicted molar refractivity (Wildman–Crippen MR) is 64.5 cm³/mol. The van der Waals surface area contributed by atoms with E-state index >= 15 is 0 Å². The number of hydrogen-bond acceptors (Lipinski definition) is 5. The Morgan fingerprint density at radius 1 is 1.47 bits per heavy atom. The van der Waals surface area contributed by atoms with Gasteiger partial charge in [-0.25, -0.2) is 0 Å². The molecule has 1 N–H and O–H groups in total. The Balaban J connectivity index is 2.21. The van der Waals surface area contributed by atoms with Crippen molar-refractivity contribution in [1.29, 1.82) is 0 Å². The van der Waals surface area contributed by atoms with Gasteiger partial charge in [-0.05, 0) is 32.5 Å². The Kier molecular flexibility index (Phi) is 3.49. The fraction of sp³-hybridized carbons (Fsp3) is 0.417. The van der Waals surface area contributed by atoms with E-state index in [1.165, 1.54) is 0 Å². The summed E-state index contributed by atoms with van der Waals surface area (Å²) < 4.78 is 5.23. The van der Waals surface area contributed by atoms with E-state index in [2.05, 4.69) is 27.4 Å². The van der Waals surface area contributed by atoms with Crippen molar-refractivity contribution in [2.75, 3.05) is 7.05 Å². The SMILES string of the molecule is CNC(C)Cc1nc(-c2ccncc2C)no1. The second-order valence-corrected chi connectivity index (χ2v) is 4.10. The minimum absolute atomic E-state index is 0.321. The van der Waals surface area contributed by atoms with Gasteiger partial charge in [-0.15, -0.1) is 0 Å². The molecule has 0 radical (unpaired) electrons. The summed E-state index contributed by atoms with van der Waals surface area (Å²) in [6, 6.07) is 2.22. The second-order valence-electron chi connectivity index (χ2n) is 4.10. The number of hydrogen-bond donors (Lipinski definition) is 1. The number of pyridine rings is 1. The molecule has 0 spiro atoms. The van der Waals surface area contributed by atoms with Crippen molar-refractivity contribution in [3.63, 3.8) is 0 Å². The van der Waals surface area contributed by atoms with Crippen molar-refractivity contribution in [2.45, 2.75) is 26.3 Å². The maximum atomic E-state index is 5.23. The first-order valence-corrected chi connectivity index (χ1v) is 5.61. The normalized spacial score (nSPS) is 12.6. The lowest BCUT2D eigenvalue weighted by molar-refractivity contribution is 0.365. The first-order chi connectivity index (χ1) is 8.20. The van der Waals surface area contributed by atoms with Crippen LogP contribution in [0.1, 0.15) is 18.4 Å². The quantitative estimate of drug-likeness (QED) is 0.867. The first kappa shape index (κ1) is 11.7. The minimum Gasteiger partial charge on any atom is -0.339 e. The summed E-state index contributed by atoms with van der Waals surface area (Å²) in [5.41, 5.74) is 2.01. The van der Waals surface area contributed by atoms with Crippen LogP contribution in [-0.2, 0) is 6.42 Å². The molecule has 0 saturated heterocycles. The molecule has 5 heteroatoms. The van der Waals surface area contributed by atoms with Gasteiger partial charge in [0.05, 0.1) is 0 Å². The highest BCUT2D eigenvalue weighted by atomic mass is 16.5. The Labute approximate surface area is 100 Å². The van der Waals surface area contributed by atoms with E-state index < -0.39 is 0 Å². The van der Waals surface area contributed by atoms with Crippen LogP contribution in [0.2, 0.25) is 0 Å². The maximum absolute atomic E-state index is 5.23. The first-order valence-electron chi connectivity index (χ1n) is 5.61. The monoisotopic (exact) mass is 232 g/mol. The van der Waals surface area contributed by atoms with Crippen molar-refractivity contribution in [1.82, 2.24) is 20.4 Å². The zero-order valence-electron chi connectivity index (χ0n) is 10.3. The summed E-state index contributed by atoms with van der Waals surface area (Å²) in [7, 11) is 1.91. The van der Waals surface area contributed by atoms with Gasteiger partial charge in [0.15, 0.2) is 0 Å². The molecule has 1 atom stereocenters. The second kappa shape index (κ2) is 5.05. The third kappa shape index (κ3) is 2.68. The number of aryl methyl sites for hydroxylation is 1. The molecular formula is C12H16N4O. The number of nitrogens with zero attached hydrogens (tertiary/aromatic N) is 3. The Morgan fingerprint density at radius 2 is 2.29 bits per heavy atom. The highest BCUT2D eigenvalue weighted by Crippen LogP contribution is 2.19. The van der Waals surface area contributed by atoms with Gasteiger partial charge in [-0.3, -0.25) is 4.98 Å². The molecule has 17 heavy (non-hydrogen) atoms. The Morgan fingerprint density at radius 3 is 3.00 bits per heavy atom. The Bertz CT molecular complexity index is 495. The number of aromatic nitrogens is 3. The molecule has 2 rings (SSSR count). The van der Waals surface area contributed by atoms with Crippen molar-refractivity contribution in [3.8, 4) is 11.4 Å². The fourth-order valence-corrected chi connectivity index (χ4v) is 1.54. The highest BCUT2D eigenvalue weighted by Gasteiger charge is 2.12. The van der Waals surface area contributed by atoms with Gasteiger partial charge < -0.3 is 9.84 Å². The standard InChI is InChI=1S/C12H16N4O/c1-8-7-14-5-4-10(8)12-15-11(17-16-12)6-9(2)13-3/h4-5,7,9,13H,6H2,1-3H3.